The molecule has 0 saturated heterocycles. The van der Waals surface area contributed by atoms with Gasteiger partial charge in [-0.05, 0) is 78.1 Å². The van der Waals surface area contributed by atoms with E-state index in [0.29, 0.717) is 39.2 Å². The van der Waals surface area contributed by atoms with Crippen LogP contribution in [-0.4, -0.2) is 10.9 Å². The van der Waals surface area contributed by atoms with Gasteiger partial charge >= 0.3 is 0 Å². The van der Waals surface area contributed by atoms with Crippen molar-refractivity contribution in [3.63, 3.8) is 0 Å². The number of benzene rings is 3. The molecule has 0 atom stereocenters. The number of halogens is 1. The monoisotopic (exact) mass is 510 g/mol. The lowest BCUT2D eigenvalue weighted by molar-refractivity contribution is -0.111. The molecule has 3 aromatic carbocycles. The summed E-state index contributed by atoms with van der Waals surface area (Å²) in [6.45, 7) is 8.49. The Morgan fingerprint density at radius 2 is 1.68 bits per heavy atom. The van der Waals surface area contributed by atoms with Gasteiger partial charge in [-0.25, -0.2) is 4.98 Å². The molecule has 2 aromatic heterocycles. The van der Waals surface area contributed by atoms with E-state index in [9.17, 15) is 4.79 Å². The van der Waals surface area contributed by atoms with E-state index < -0.39 is 0 Å². The van der Waals surface area contributed by atoms with Crippen molar-refractivity contribution in [2.75, 3.05) is 5.32 Å². The molecule has 5 nitrogen and oxygen atoms in total. The van der Waals surface area contributed by atoms with E-state index in [2.05, 4.69) is 43.2 Å². The van der Waals surface area contributed by atoms with Gasteiger partial charge in [0.15, 0.2) is 5.58 Å². The number of carbonyl (C=O) groups is 1. The Morgan fingerprint density at radius 1 is 0.919 bits per heavy atom. The molecule has 6 heteroatoms. The second-order valence-corrected chi connectivity index (χ2v) is 10.4. The van der Waals surface area contributed by atoms with Crippen LogP contribution >= 0.6 is 11.6 Å². The van der Waals surface area contributed by atoms with Gasteiger partial charge in [-0.1, -0.05) is 56.6 Å². The predicted molar refractivity (Wildman–Crippen MR) is 150 cm³/mol. The molecule has 0 fully saturated rings. The molecule has 0 radical (unpaired) electrons. The number of anilines is 1. The first-order valence-corrected chi connectivity index (χ1v) is 12.4. The lowest BCUT2D eigenvalue weighted by Gasteiger charge is -2.18. The maximum Gasteiger partial charge on any atom is 0.248 e. The van der Waals surface area contributed by atoms with E-state index in [1.165, 1.54) is 11.6 Å². The van der Waals surface area contributed by atoms with Crippen LogP contribution in [0.1, 0.15) is 37.7 Å². The Morgan fingerprint density at radius 3 is 2.41 bits per heavy atom. The molecule has 5 aromatic rings. The lowest BCUT2D eigenvalue weighted by Crippen LogP contribution is -2.10. The highest BCUT2D eigenvalue weighted by Crippen LogP contribution is 2.30. The first-order chi connectivity index (χ1) is 17.7. The average Bonchev–Trinajstić information content (AvgIpc) is 3.51. The molecule has 1 N–H and O–H groups in total. The van der Waals surface area contributed by atoms with Crippen molar-refractivity contribution >= 4 is 40.4 Å². The molecule has 0 spiro atoms. The molecule has 0 bridgehead atoms. The van der Waals surface area contributed by atoms with Crippen LogP contribution in [0.25, 0.3) is 40.0 Å². The number of rotatable bonds is 5. The number of hydrogen-bond donors (Lipinski definition) is 1. The summed E-state index contributed by atoms with van der Waals surface area (Å²) in [5.74, 6) is 1.51. The van der Waals surface area contributed by atoms with Crippen LogP contribution in [0.15, 0.2) is 87.7 Å². The molecule has 0 aliphatic heterocycles. The highest BCUT2D eigenvalue weighted by molar-refractivity contribution is 6.31. The highest BCUT2D eigenvalue weighted by Gasteiger charge is 2.15. The molecule has 5 rings (SSSR count). The van der Waals surface area contributed by atoms with Crippen LogP contribution in [0.5, 0.6) is 0 Å². The largest absolute Gasteiger partial charge is 0.457 e. The van der Waals surface area contributed by atoms with Gasteiger partial charge in [0.1, 0.15) is 17.0 Å². The number of carbonyl (C=O) groups excluding carboxylic acids is 1. The van der Waals surface area contributed by atoms with Gasteiger partial charge in [-0.2, -0.15) is 0 Å². The summed E-state index contributed by atoms with van der Waals surface area (Å²) in [5.41, 5.74) is 6.06. The fraction of sp³-hybridized carbons (Fsp3) is 0.161. The topological polar surface area (TPSA) is 68.3 Å². The number of aromatic nitrogens is 1. The number of oxazole rings is 1. The second-order valence-electron chi connectivity index (χ2n) is 10.0. The van der Waals surface area contributed by atoms with Gasteiger partial charge in [0, 0.05) is 27.9 Å². The summed E-state index contributed by atoms with van der Waals surface area (Å²) >= 11 is 6.22. The van der Waals surface area contributed by atoms with Gasteiger partial charge < -0.3 is 14.2 Å². The van der Waals surface area contributed by atoms with Gasteiger partial charge in [0.25, 0.3) is 0 Å². The third kappa shape index (κ3) is 5.52. The third-order valence-electron chi connectivity index (χ3n) is 6.14. The summed E-state index contributed by atoms with van der Waals surface area (Å²) in [6, 6.07) is 23.0. The van der Waals surface area contributed by atoms with Crippen molar-refractivity contribution in [3.05, 3.63) is 101 Å². The Kier molecular flexibility index (Phi) is 6.48. The lowest BCUT2D eigenvalue weighted by atomic mass is 9.87. The molecule has 37 heavy (non-hydrogen) atoms. The summed E-state index contributed by atoms with van der Waals surface area (Å²) in [5, 5.41) is 3.54. The van der Waals surface area contributed by atoms with Crippen molar-refractivity contribution in [2.45, 2.75) is 33.1 Å². The van der Waals surface area contributed by atoms with E-state index in [-0.39, 0.29) is 11.3 Å². The van der Waals surface area contributed by atoms with Crippen LogP contribution in [0.2, 0.25) is 5.02 Å². The fourth-order valence-electron chi connectivity index (χ4n) is 3.93. The molecule has 0 unspecified atom stereocenters. The average molecular weight is 511 g/mol. The summed E-state index contributed by atoms with van der Waals surface area (Å²) in [6.07, 6.45) is 3.06. The van der Waals surface area contributed by atoms with Crippen molar-refractivity contribution in [2.24, 2.45) is 0 Å². The minimum atomic E-state index is -0.280. The third-order valence-corrected chi connectivity index (χ3v) is 6.54. The number of nitrogens with one attached hydrogen (secondary N) is 1. The minimum absolute atomic E-state index is 0.0794. The molecule has 0 saturated carbocycles. The summed E-state index contributed by atoms with van der Waals surface area (Å²) < 4.78 is 11.8. The zero-order valence-electron chi connectivity index (χ0n) is 21.1. The molecular formula is C31H27ClN2O3. The maximum atomic E-state index is 12.5. The molecule has 2 heterocycles. The number of furan rings is 1. The predicted octanol–water partition coefficient (Wildman–Crippen LogP) is 8.67. The van der Waals surface area contributed by atoms with Gasteiger partial charge in [0.05, 0.1) is 0 Å². The van der Waals surface area contributed by atoms with Gasteiger partial charge in [-0.15, -0.1) is 0 Å². The Hall–Kier alpha value is -4.09. The van der Waals surface area contributed by atoms with Crippen LogP contribution in [-0.2, 0) is 10.2 Å². The Labute approximate surface area is 220 Å². The van der Waals surface area contributed by atoms with E-state index >= 15 is 0 Å². The molecule has 0 aliphatic carbocycles. The van der Waals surface area contributed by atoms with Crippen molar-refractivity contribution < 1.29 is 13.6 Å². The zero-order valence-corrected chi connectivity index (χ0v) is 21.9. The normalized spacial score (nSPS) is 11.9. The SMILES string of the molecule is Cc1ccc(-c2ccc(/C=C/C(=O)Nc3ccc4oc(-c5ccc(C(C)(C)C)cc5)nc4c3)o2)cc1Cl. The molecule has 0 aliphatic rings. The smallest absolute Gasteiger partial charge is 0.248 e. The van der Waals surface area contributed by atoms with E-state index in [1.807, 2.05) is 49.4 Å². The number of fused-ring (bicyclic) bond motifs is 1. The number of amides is 1. The number of nitrogens with zero attached hydrogens (tertiary/aromatic N) is 1. The highest BCUT2D eigenvalue weighted by atomic mass is 35.5. The maximum absolute atomic E-state index is 12.5. The minimum Gasteiger partial charge on any atom is -0.457 e. The van der Waals surface area contributed by atoms with Crippen LogP contribution in [0.3, 0.4) is 0 Å². The number of hydrogen-bond acceptors (Lipinski definition) is 4. The van der Waals surface area contributed by atoms with Crippen molar-refractivity contribution in [1.29, 1.82) is 0 Å². The van der Waals surface area contributed by atoms with E-state index in [4.69, 9.17) is 20.4 Å². The van der Waals surface area contributed by atoms with E-state index in [1.54, 1.807) is 24.3 Å². The van der Waals surface area contributed by atoms with Crippen LogP contribution in [0, 0.1) is 6.92 Å². The molecule has 1 amide bonds. The second kappa shape index (κ2) is 9.75. The van der Waals surface area contributed by atoms with E-state index in [0.717, 1.165) is 16.7 Å². The quantitative estimate of drug-likeness (QED) is 0.240. The van der Waals surface area contributed by atoms with Crippen molar-refractivity contribution in [1.82, 2.24) is 4.98 Å². The summed E-state index contributed by atoms with van der Waals surface area (Å²) in [7, 11) is 0. The fourth-order valence-corrected chi connectivity index (χ4v) is 4.11. The molecule has 186 valence electrons. The van der Waals surface area contributed by atoms with Gasteiger partial charge in [0.2, 0.25) is 11.8 Å². The number of aryl methyl sites for hydroxylation is 1. The standard InChI is InChI=1S/C31H27ClN2O3/c1-19-5-6-21(17-25(19)32)27-15-12-24(36-27)13-16-29(35)33-23-11-14-28-26(18-23)34-30(37-28)20-7-9-22(10-8-20)31(2,3)4/h5-18H,1-4H3,(H,33,35)/b16-13+. The van der Waals surface area contributed by atoms with Gasteiger partial charge in [-0.3, -0.25) is 4.79 Å². The Balaban J connectivity index is 1.27. The molecular weight excluding hydrogens is 484 g/mol. The Bertz CT molecular complexity index is 1620. The van der Waals surface area contributed by atoms with Crippen LogP contribution < -0.4 is 5.32 Å². The zero-order chi connectivity index (χ0) is 26.2. The summed E-state index contributed by atoms with van der Waals surface area (Å²) in [4.78, 5) is 17.1. The first-order valence-electron chi connectivity index (χ1n) is 12.0. The first kappa shape index (κ1) is 24.6. The van der Waals surface area contributed by atoms with Crippen molar-refractivity contribution in [3.8, 4) is 22.8 Å². The van der Waals surface area contributed by atoms with Crippen LogP contribution in [0.4, 0.5) is 5.69 Å².